The van der Waals surface area contributed by atoms with E-state index in [9.17, 15) is 4.79 Å². The lowest BCUT2D eigenvalue weighted by Gasteiger charge is -2.25. The van der Waals surface area contributed by atoms with E-state index in [0.717, 1.165) is 19.5 Å². The first-order valence-corrected chi connectivity index (χ1v) is 9.85. The Morgan fingerprint density at radius 1 is 1.23 bits per heavy atom. The van der Waals surface area contributed by atoms with E-state index in [2.05, 4.69) is 60.0 Å². The highest BCUT2D eigenvalue weighted by molar-refractivity contribution is 5.75. The molecule has 0 spiro atoms. The average Bonchev–Trinajstić information content (AvgIpc) is 2.69. The maximum absolute atomic E-state index is 11.5. The first-order chi connectivity index (χ1) is 12.7. The molecule has 3 nitrogen and oxygen atoms in total. The van der Waals surface area contributed by atoms with Gasteiger partial charge < -0.3 is 10.6 Å². The number of benzene rings is 2. The minimum absolute atomic E-state index is 0.115. The van der Waals surface area contributed by atoms with Gasteiger partial charge in [-0.15, -0.1) is 0 Å². The summed E-state index contributed by atoms with van der Waals surface area (Å²) in [5, 5.41) is 6.50. The molecule has 1 aliphatic heterocycles. The molecule has 2 aromatic rings. The summed E-state index contributed by atoms with van der Waals surface area (Å²) in [7, 11) is 0. The summed E-state index contributed by atoms with van der Waals surface area (Å²) < 4.78 is 0. The van der Waals surface area contributed by atoms with Gasteiger partial charge >= 0.3 is 0 Å². The Morgan fingerprint density at radius 3 is 2.81 bits per heavy atom. The van der Waals surface area contributed by atoms with Crippen LogP contribution in [0, 0.1) is 6.92 Å². The van der Waals surface area contributed by atoms with Crippen LogP contribution in [0.15, 0.2) is 42.5 Å². The first-order valence-electron chi connectivity index (χ1n) is 9.85. The van der Waals surface area contributed by atoms with Crippen LogP contribution in [0.1, 0.15) is 48.8 Å². The molecule has 0 aromatic heterocycles. The Hall–Kier alpha value is -2.13. The van der Waals surface area contributed by atoms with Crippen LogP contribution in [0.25, 0.3) is 11.1 Å². The van der Waals surface area contributed by atoms with Gasteiger partial charge in [-0.3, -0.25) is 4.79 Å². The monoisotopic (exact) mass is 350 g/mol. The molecular weight excluding hydrogens is 320 g/mol. The smallest absolute Gasteiger partial charge is 0.219 e. The van der Waals surface area contributed by atoms with Gasteiger partial charge in [-0.1, -0.05) is 49.4 Å². The summed E-state index contributed by atoms with van der Waals surface area (Å²) in [6.45, 7) is 7.05. The molecule has 1 amide bonds. The molecule has 1 atom stereocenters. The normalized spacial score (nSPS) is 17.1. The third-order valence-electron chi connectivity index (χ3n) is 5.37. The van der Waals surface area contributed by atoms with Crippen molar-refractivity contribution in [2.24, 2.45) is 0 Å². The van der Waals surface area contributed by atoms with Gasteiger partial charge in [-0.2, -0.15) is 0 Å². The van der Waals surface area contributed by atoms with Gasteiger partial charge in [0.15, 0.2) is 0 Å². The lowest BCUT2D eigenvalue weighted by molar-refractivity contribution is -0.120. The fraction of sp³-hybridized carbons (Fsp3) is 0.435. The number of amides is 1. The number of piperidine rings is 1. The Balaban J connectivity index is 1.78. The molecule has 3 rings (SSSR count). The number of carbonyl (C=O) groups excluding carboxylic acids is 1. The summed E-state index contributed by atoms with van der Waals surface area (Å²) in [6.07, 6.45) is 3.94. The van der Waals surface area contributed by atoms with E-state index in [4.69, 9.17) is 0 Å². The Morgan fingerprint density at radius 2 is 2.08 bits per heavy atom. The zero-order valence-electron chi connectivity index (χ0n) is 16.0. The van der Waals surface area contributed by atoms with Crippen molar-refractivity contribution in [1.29, 1.82) is 0 Å². The molecule has 1 saturated heterocycles. The van der Waals surface area contributed by atoms with Gasteiger partial charge in [0.05, 0.1) is 0 Å². The molecule has 0 saturated carbocycles. The summed E-state index contributed by atoms with van der Waals surface area (Å²) in [5.41, 5.74) is 6.69. The van der Waals surface area contributed by atoms with E-state index in [1.165, 1.54) is 40.7 Å². The van der Waals surface area contributed by atoms with Crippen LogP contribution in [0.5, 0.6) is 0 Å². The molecule has 1 aliphatic rings. The van der Waals surface area contributed by atoms with Gasteiger partial charge in [0, 0.05) is 19.5 Å². The van der Waals surface area contributed by atoms with Gasteiger partial charge in [-0.05, 0) is 66.5 Å². The predicted octanol–water partition coefficient (Wildman–Crippen LogP) is 4.20. The van der Waals surface area contributed by atoms with E-state index in [1.54, 1.807) is 0 Å². The van der Waals surface area contributed by atoms with Crippen LogP contribution >= 0.6 is 0 Å². The lowest BCUT2D eigenvalue weighted by Crippen LogP contribution is -2.28. The zero-order chi connectivity index (χ0) is 18.4. The highest BCUT2D eigenvalue weighted by Gasteiger charge is 2.17. The Kier molecular flexibility index (Phi) is 6.45. The molecule has 1 fully saturated rings. The summed E-state index contributed by atoms with van der Waals surface area (Å²) in [4.78, 5) is 11.5. The van der Waals surface area contributed by atoms with E-state index >= 15 is 0 Å². The van der Waals surface area contributed by atoms with Gasteiger partial charge in [0.25, 0.3) is 0 Å². The lowest BCUT2D eigenvalue weighted by atomic mass is 9.86. The van der Waals surface area contributed by atoms with Crippen molar-refractivity contribution in [2.45, 2.75) is 45.4 Å². The van der Waals surface area contributed by atoms with Crippen LogP contribution in [-0.2, 0) is 11.2 Å². The van der Waals surface area contributed by atoms with Gasteiger partial charge in [-0.25, -0.2) is 0 Å². The Bertz CT molecular complexity index is 748. The van der Waals surface area contributed by atoms with Crippen molar-refractivity contribution in [3.63, 3.8) is 0 Å². The summed E-state index contributed by atoms with van der Waals surface area (Å²) in [5.74, 6) is 0.751. The van der Waals surface area contributed by atoms with Crippen LogP contribution in [0.3, 0.4) is 0 Å². The minimum atomic E-state index is 0.115. The summed E-state index contributed by atoms with van der Waals surface area (Å²) in [6, 6.07) is 15.4. The van der Waals surface area contributed by atoms with Gasteiger partial charge in [0.2, 0.25) is 5.91 Å². The molecule has 0 unspecified atom stereocenters. The summed E-state index contributed by atoms with van der Waals surface area (Å²) >= 11 is 0. The van der Waals surface area contributed by atoms with Crippen LogP contribution in [0.4, 0.5) is 0 Å². The fourth-order valence-corrected chi connectivity index (χ4v) is 3.90. The first kappa shape index (κ1) is 18.7. The molecule has 3 heteroatoms. The van der Waals surface area contributed by atoms with Crippen molar-refractivity contribution < 1.29 is 4.79 Å². The number of carbonyl (C=O) groups is 1. The van der Waals surface area contributed by atoms with Crippen LogP contribution in [0.2, 0.25) is 0 Å². The van der Waals surface area contributed by atoms with Crippen molar-refractivity contribution in [3.05, 3.63) is 59.2 Å². The van der Waals surface area contributed by atoms with Crippen LogP contribution < -0.4 is 10.6 Å². The molecule has 0 aliphatic carbocycles. The second-order valence-corrected chi connectivity index (χ2v) is 7.23. The second-order valence-electron chi connectivity index (χ2n) is 7.23. The second kappa shape index (κ2) is 9.00. The van der Waals surface area contributed by atoms with Crippen molar-refractivity contribution >= 4 is 5.91 Å². The number of hydrogen-bond acceptors (Lipinski definition) is 2. The third-order valence-corrected chi connectivity index (χ3v) is 5.37. The average molecular weight is 351 g/mol. The highest BCUT2D eigenvalue weighted by atomic mass is 16.1. The number of rotatable bonds is 6. The van der Waals surface area contributed by atoms with E-state index in [-0.39, 0.29) is 5.91 Å². The Labute approximate surface area is 157 Å². The third kappa shape index (κ3) is 4.53. The predicted molar refractivity (Wildman–Crippen MR) is 108 cm³/mol. The van der Waals surface area contributed by atoms with E-state index in [0.29, 0.717) is 18.9 Å². The molecule has 1 heterocycles. The topological polar surface area (TPSA) is 41.1 Å². The molecule has 2 N–H and O–H groups in total. The number of aryl methyl sites for hydroxylation is 1. The highest BCUT2D eigenvalue weighted by Crippen LogP contribution is 2.31. The van der Waals surface area contributed by atoms with E-state index < -0.39 is 0 Å². The van der Waals surface area contributed by atoms with Gasteiger partial charge in [0.1, 0.15) is 0 Å². The molecule has 0 bridgehead atoms. The maximum Gasteiger partial charge on any atom is 0.219 e. The van der Waals surface area contributed by atoms with Crippen LogP contribution in [-0.4, -0.2) is 25.5 Å². The number of hydrogen-bond donors (Lipinski definition) is 2. The molecule has 26 heavy (non-hydrogen) atoms. The standard InChI is InChI=1S/C23H30N2O/c1-3-23(26)25-14-12-18-7-4-5-9-22(18)19-10-11-21(17(2)15-19)20-8-6-13-24-16-20/h4-5,7,9-11,15,20,24H,3,6,8,12-14,16H2,1-2H3,(H,25,26)/t20-/m1/s1. The quantitative estimate of drug-likeness (QED) is 0.820. The number of nitrogens with one attached hydrogen (secondary N) is 2. The molecule has 138 valence electrons. The van der Waals surface area contributed by atoms with Crippen molar-refractivity contribution in [3.8, 4) is 11.1 Å². The maximum atomic E-state index is 11.5. The van der Waals surface area contributed by atoms with E-state index in [1.807, 2.05) is 6.92 Å². The van der Waals surface area contributed by atoms with Crippen molar-refractivity contribution in [1.82, 2.24) is 10.6 Å². The van der Waals surface area contributed by atoms with Crippen molar-refractivity contribution in [2.75, 3.05) is 19.6 Å². The molecule has 2 aromatic carbocycles. The fourth-order valence-electron chi connectivity index (χ4n) is 3.90. The molecule has 0 radical (unpaired) electrons. The zero-order valence-corrected chi connectivity index (χ0v) is 16.0. The molecular formula is C23H30N2O. The SMILES string of the molecule is CCC(=O)NCCc1ccccc1-c1ccc([C@@H]2CCCNC2)c(C)c1. The minimum Gasteiger partial charge on any atom is -0.356 e. The largest absolute Gasteiger partial charge is 0.356 e.